The summed E-state index contributed by atoms with van der Waals surface area (Å²) in [6.45, 7) is 3.02. The van der Waals surface area contributed by atoms with Crippen molar-refractivity contribution < 1.29 is 13.5 Å². The lowest BCUT2D eigenvalue weighted by molar-refractivity contribution is 0.0796. The van der Waals surface area contributed by atoms with Crippen LogP contribution in [0.4, 0.5) is 17.1 Å². The summed E-state index contributed by atoms with van der Waals surface area (Å²) in [5, 5.41) is 18.1. The third-order valence-corrected chi connectivity index (χ3v) is 9.34. The maximum atomic E-state index is 12.5. The highest BCUT2D eigenvalue weighted by Crippen LogP contribution is 2.55. The smallest absolute Gasteiger partial charge is 0.232 e. The van der Waals surface area contributed by atoms with Crippen LogP contribution in [0.2, 0.25) is 0 Å². The number of aromatic hydroxyl groups is 1. The van der Waals surface area contributed by atoms with Gasteiger partial charge in [-0.25, -0.2) is 8.42 Å². The number of nitrogens with one attached hydrogen (secondary N) is 3. The zero-order chi connectivity index (χ0) is 23.1. The Morgan fingerprint density at radius 3 is 2.76 bits per heavy atom. The fourth-order valence-corrected chi connectivity index (χ4v) is 7.73. The van der Waals surface area contributed by atoms with Gasteiger partial charge < -0.3 is 15.7 Å². The maximum absolute atomic E-state index is 12.5. The largest absolute Gasteiger partial charge is 0.506 e. The standard InChI is InChI=1S/C26H35N3O3S/c1-2-3-14-33(31,32)29-22-10-5-4-9-21(22)28-24-16-18-15-23-19-8-6-7-11-26(19,12-13-27-23)20(18)17-25(24)30/h4-5,9-10,16-17,19,23,27-30H,2-3,6-8,11-15H2,1H3/t19-,23+,26+/m1/s1. The lowest BCUT2D eigenvalue weighted by atomic mass is 9.53. The van der Waals surface area contributed by atoms with Crippen LogP contribution in [-0.2, 0) is 21.9 Å². The number of phenols is 1. The number of rotatable bonds is 7. The van der Waals surface area contributed by atoms with Crippen LogP contribution < -0.4 is 15.4 Å². The first kappa shape index (κ1) is 22.5. The average molecular weight is 470 g/mol. The lowest BCUT2D eigenvalue weighted by Gasteiger charge is -2.56. The minimum atomic E-state index is -3.42. The van der Waals surface area contributed by atoms with Gasteiger partial charge in [0.2, 0.25) is 10.0 Å². The number of fused-ring (bicyclic) bond motifs is 1. The third kappa shape index (κ3) is 4.21. The number of anilines is 3. The van der Waals surface area contributed by atoms with E-state index in [-0.39, 0.29) is 16.9 Å². The maximum Gasteiger partial charge on any atom is 0.232 e. The SMILES string of the molecule is CCCCS(=O)(=O)Nc1ccccc1Nc1cc2c(cc1O)[C@]13CCCC[C@@H]1[C@H](C2)NCC3. The quantitative estimate of drug-likeness (QED) is 0.427. The molecule has 1 saturated heterocycles. The molecule has 2 fully saturated rings. The third-order valence-electron chi connectivity index (χ3n) is 7.99. The molecule has 1 saturated carbocycles. The van der Waals surface area contributed by atoms with Gasteiger partial charge in [0, 0.05) is 11.5 Å². The van der Waals surface area contributed by atoms with E-state index in [0.29, 0.717) is 35.4 Å². The Morgan fingerprint density at radius 1 is 1.12 bits per heavy atom. The van der Waals surface area contributed by atoms with Gasteiger partial charge in [-0.05, 0) is 80.0 Å². The number of unbranched alkanes of at least 4 members (excludes halogenated alkanes) is 1. The molecular formula is C26H35N3O3S. The molecule has 2 aromatic rings. The first-order valence-electron chi connectivity index (χ1n) is 12.4. The summed E-state index contributed by atoms with van der Waals surface area (Å²) < 4.78 is 27.7. The van der Waals surface area contributed by atoms with Crippen LogP contribution in [0.3, 0.4) is 0 Å². The summed E-state index contributed by atoms with van der Waals surface area (Å²) in [6, 6.07) is 11.8. The van der Waals surface area contributed by atoms with Gasteiger partial charge in [-0.15, -0.1) is 0 Å². The molecule has 2 bridgehead atoms. The van der Waals surface area contributed by atoms with Gasteiger partial charge in [0.1, 0.15) is 5.75 Å². The summed E-state index contributed by atoms with van der Waals surface area (Å²) in [7, 11) is -3.42. The second-order valence-electron chi connectivity index (χ2n) is 9.99. The van der Waals surface area contributed by atoms with Crippen LogP contribution >= 0.6 is 0 Å². The molecule has 5 rings (SSSR count). The molecule has 178 valence electrons. The van der Waals surface area contributed by atoms with Crippen LogP contribution in [0.15, 0.2) is 36.4 Å². The number of phenolic OH excluding ortho intramolecular Hbond substituents is 1. The number of hydrogen-bond donors (Lipinski definition) is 4. The Kier molecular flexibility index (Phi) is 6.04. The first-order chi connectivity index (χ1) is 15.9. The molecular weight excluding hydrogens is 434 g/mol. The zero-order valence-electron chi connectivity index (χ0n) is 19.4. The van der Waals surface area contributed by atoms with Crippen molar-refractivity contribution in [1.29, 1.82) is 0 Å². The predicted octanol–water partition coefficient (Wildman–Crippen LogP) is 5.02. The second-order valence-corrected chi connectivity index (χ2v) is 11.8. The van der Waals surface area contributed by atoms with E-state index in [1.54, 1.807) is 6.07 Å². The van der Waals surface area contributed by atoms with Crippen LogP contribution in [0.5, 0.6) is 5.75 Å². The second kappa shape index (κ2) is 8.84. The molecule has 0 spiro atoms. The van der Waals surface area contributed by atoms with Crippen molar-refractivity contribution in [3.05, 3.63) is 47.5 Å². The highest BCUT2D eigenvalue weighted by Gasteiger charge is 2.51. The molecule has 7 heteroatoms. The molecule has 33 heavy (non-hydrogen) atoms. The Morgan fingerprint density at radius 2 is 1.94 bits per heavy atom. The summed E-state index contributed by atoms with van der Waals surface area (Å²) in [5.74, 6) is 0.983. The molecule has 3 aliphatic rings. The molecule has 0 amide bonds. The van der Waals surface area contributed by atoms with Crippen molar-refractivity contribution in [1.82, 2.24) is 5.32 Å². The van der Waals surface area contributed by atoms with E-state index in [1.807, 2.05) is 31.2 Å². The van der Waals surface area contributed by atoms with Gasteiger partial charge in [0.05, 0.1) is 22.8 Å². The normalized spacial score (nSPS) is 26.2. The fourth-order valence-electron chi connectivity index (χ4n) is 6.45. The Balaban J connectivity index is 1.46. The van der Waals surface area contributed by atoms with Crippen molar-refractivity contribution in [3.8, 4) is 5.75 Å². The number of hydrogen-bond acceptors (Lipinski definition) is 5. The van der Waals surface area contributed by atoms with E-state index in [9.17, 15) is 13.5 Å². The van der Waals surface area contributed by atoms with E-state index in [0.717, 1.165) is 25.8 Å². The van der Waals surface area contributed by atoms with Crippen LogP contribution in [0.25, 0.3) is 0 Å². The molecule has 3 atom stereocenters. The number of sulfonamides is 1. The van der Waals surface area contributed by atoms with E-state index >= 15 is 0 Å². The molecule has 0 aromatic heterocycles. The Hall–Kier alpha value is -2.25. The number of piperidine rings is 1. The predicted molar refractivity (Wildman–Crippen MR) is 134 cm³/mol. The minimum absolute atomic E-state index is 0.0968. The number of benzene rings is 2. The molecule has 0 unspecified atom stereocenters. The lowest BCUT2D eigenvalue weighted by Crippen LogP contribution is -2.59. The van der Waals surface area contributed by atoms with E-state index in [4.69, 9.17) is 0 Å². The van der Waals surface area contributed by atoms with Crippen LogP contribution in [-0.4, -0.2) is 31.9 Å². The van der Waals surface area contributed by atoms with Crippen molar-refractivity contribution in [2.45, 2.75) is 69.7 Å². The Bertz CT molecular complexity index is 1130. The van der Waals surface area contributed by atoms with Gasteiger partial charge >= 0.3 is 0 Å². The molecule has 4 N–H and O–H groups in total. The van der Waals surface area contributed by atoms with Crippen molar-refractivity contribution in [2.75, 3.05) is 22.3 Å². The molecule has 0 radical (unpaired) electrons. The van der Waals surface area contributed by atoms with Crippen molar-refractivity contribution in [3.63, 3.8) is 0 Å². The average Bonchev–Trinajstić information content (AvgIpc) is 2.80. The van der Waals surface area contributed by atoms with E-state index < -0.39 is 10.0 Å². The highest BCUT2D eigenvalue weighted by molar-refractivity contribution is 7.92. The molecule has 1 heterocycles. The summed E-state index contributed by atoms with van der Waals surface area (Å²) in [4.78, 5) is 0. The summed E-state index contributed by atoms with van der Waals surface area (Å²) >= 11 is 0. The molecule has 1 aliphatic heterocycles. The van der Waals surface area contributed by atoms with Gasteiger partial charge in [-0.3, -0.25) is 4.72 Å². The van der Waals surface area contributed by atoms with Crippen molar-refractivity contribution in [2.24, 2.45) is 5.92 Å². The topological polar surface area (TPSA) is 90.5 Å². The van der Waals surface area contributed by atoms with E-state index in [2.05, 4.69) is 21.4 Å². The molecule has 6 nitrogen and oxygen atoms in total. The molecule has 2 aliphatic carbocycles. The Labute approximate surface area is 197 Å². The van der Waals surface area contributed by atoms with Gasteiger partial charge in [-0.2, -0.15) is 0 Å². The van der Waals surface area contributed by atoms with Gasteiger partial charge in [0.25, 0.3) is 0 Å². The van der Waals surface area contributed by atoms with Gasteiger partial charge in [-0.1, -0.05) is 38.3 Å². The van der Waals surface area contributed by atoms with Gasteiger partial charge in [0.15, 0.2) is 0 Å². The fraction of sp³-hybridized carbons (Fsp3) is 0.538. The van der Waals surface area contributed by atoms with Crippen LogP contribution in [0.1, 0.15) is 63.0 Å². The number of para-hydroxylation sites is 2. The first-order valence-corrected chi connectivity index (χ1v) is 14.0. The highest BCUT2D eigenvalue weighted by atomic mass is 32.2. The monoisotopic (exact) mass is 469 g/mol. The molecule has 2 aromatic carbocycles. The van der Waals surface area contributed by atoms with Crippen molar-refractivity contribution >= 4 is 27.1 Å². The van der Waals surface area contributed by atoms with Crippen LogP contribution in [0, 0.1) is 5.92 Å². The van der Waals surface area contributed by atoms with E-state index in [1.165, 1.54) is 36.8 Å². The zero-order valence-corrected chi connectivity index (χ0v) is 20.2. The minimum Gasteiger partial charge on any atom is -0.506 e. The summed E-state index contributed by atoms with van der Waals surface area (Å²) in [6.07, 6.45) is 8.58. The summed E-state index contributed by atoms with van der Waals surface area (Å²) in [5.41, 5.74) is 4.57.